The molecule has 144 valence electrons. The van der Waals surface area contributed by atoms with E-state index in [1.165, 1.54) is 11.9 Å². The maximum absolute atomic E-state index is 5.20. The summed E-state index contributed by atoms with van der Waals surface area (Å²) in [6, 6.07) is 8.08. The zero-order chi connectivity index (χ0) is 19.7. The average Bonchev–Trinajstić information content (AvgIpc) is 3.23. The van der Waals surface area contributed by atoms with Crippen molar-refractivity contribution in [3.63, 3.8) is 0 Å². The van der Waals surface area contributed by atoms with Crippen LogP contribution in [0.1, 0.15) is 17.0 Å². The number of aromatic nitrogens is 6. The van der Waals surface area contributed by atoms with Gasteiger partial charge in [-0.1, -0.05) is 12.1 Å². The van der Waals surface area contributed by atoms with E-state index < -0.39 is 0 Å². The van der Waals surface area contributed by atoms with Crippen LogP contribution in [0.15, 0.2) is 30.6 Å². The topological polar surface area (TPSA) is 93.5 Å². The van der Waals surface area contributed by atoms with Gasteiger partial charge in [-0.05, 0) is 38.0 Å². The van der Waals surface area contributed by atoms with Crippen molar-refractivity contribution < 1.29 is 4.74 Å². The number of imidazole rings is 1. The van der Waals surface area contributed by atoms with Crippen molar-refractivity contribution in [3.05, 3.63) is 47.5 Å². The van der Waals surface area contributed by atoms with Crippen LogP contribution in [-0.4, -0.2) is 43.4 Å². The molecule has 3 heterocycles. The van der Waals surface area contributed by atoms with Crippen LogP contribution in [0.4, 0.5) is 5.82 Å². The fourth-order valence-electron chi connectivity index (χ4n) is 3.31. The maximum Gasteiger partial charge on any atom is 0.183 e. The molecule has 4 aromatic rings. The van der Waals surface area contributed by atoms with Gasteiger partial charge in [0, 0.05) is 19.3 Å². The Bertz CT molecular complexity index is 1110. The third-order valence-electron chi connectivity index (χ3n) is 4.90. The highest BCUT2D eigenvalue weighted by Crippen LogP contribution is 2.27. The van der Waals surface area contributed by atoms with Crippen LogP contribution in [0.3, 0.4) is 0 Å². The lowest BCUT2D eigenvalue weighted by molar-refractivity contribution is 0.414. The number of fused-ring (bicyclic) bond motifs is 1. The van der Waals surface area contributed by atoms with E-state index in [2.05, 4.69) is 42.5 Å². The molecule has 0 aliphatic rings. The molecule has 0 saturated carbocycles. The molecule has 4 rings (SSSR count). The molecule has 0 bridgehead atoms. The summed E-state index contributed by atoms with van der Waals surface area (Å²) in [5, 5.41) is 7.86. The lowest BCUT2D eigenvalue weighted by Crippen LogP contribution is -2.07. The minimum absolute atomic E-state index is 0.639. The van der Waals surface area contributed by atoms with Crippen LogP contribution in [0.25, 0.3) is 22.6 Å². The number of methoxy groups -OCH3 is 1. The van der Waals surface area contributed by atoms with E-state index in [1.54, 1.807) is 7.11 Å². The number of rotatable bonds is 6. The molecule has 0 aliphatic carbocycles. The van der Waals surface area contributed by atoms with E-state index in [0.717, 1.165) is 52.8 Å². The lowest BCUT2D eigenvalue weighted by Gasteiger charge is -2.07. The van der Waals surface area contributed by atoms with Gasteiger partial charge in [-0.2, -0.15) is 5.10 Å². The van der Waals surface area contributed by atoms with Gasteiger partial charge in [0.25, 0.3) is 0 Å². The molecule has 0 saturated heterocycles. The number of nitrogens with zero attached hydrogens (tertiary/aromatic N) is 5. The highest BCUT2D eigenvalue weighted by Gasteiger charge is 2.17. The van der Waals surface area contributed by atoms with Gasteiger partial charge in [0.15, 0.2) is 11.5 Å². The van der Waals surface area contributed by atoms with Crippen molar-refractivity contribution in [1.82, 2.24) is 29.7 Å². The molecule has 0 fully saturated rings. The van der Waals surface area contributed by atoms with Crippen molar-refractivity contribution in [2.24, 2.45) is 7.05 Å². The predicted molar refractivity (Wildman–Crippen MR) is 109 cm³/mol. The number of aryl methyl sites for hydroxylation is 2. The molecule has 8 heteroatoms. The quantitative estimate of drug-likeness (QED) is 0.536. The Kier molecular flexibility index (Phi) is 4.68. The number of benzene rings is 1. The zero-order valence-electron chi connectivity index (χ0n) is 16.4. The fraction of sp³-hybridized carbons (Fsp3) is 0.300. The number of anilines is 1. The van der Waals surface area contributed by atoms with Crippen LogP contribution >= 0.6 is 0 Å². The third kappa shape index (κ3) is 3.28. The molecule has 0 aliphatic heterocycles. The molecule has 0 spiro atoms. The minimum Gasteiger partial charge on any atom is -0.497 e. The fourth-order valence-corrected chi connectivity index (χ4v) is 3.31. The molecular formula is C20H23N7O. The Labute approximate surface area is 163 Å². The molecule has 0 amide bonds. The Morgan fingerprint density at radius 2 is 1.93 bits per heavy atom. The van der Waals surface area contributed by atoms with Gasteiger partial charge >= 0.3 is 0 Å². The Hall–Kier alpha value is -3.42. The lowest BCUT2D eigenvalue weighted by atomic mass is 10.1. The van der Waals surface area contributed by atoms with Gasteiger partial charge < -0.3 is 15.0 Å². The maximum atomic E-state index is 5.20. The van der Waals surface area contributed by atoms with Crippen LogP contribution in [0, 0.1) is 13.8 Å². The number of hydrogen-bond acceptors (Lipinski definition) is 6. The number of ether oxygens (including phenoxy) is 1. The molecule has 0 radical (unpaired) electrons. The summed E-state index contributed by atoms with van der Waals surface area (Å²) in [6.45, 7) is 4.76. The van der Waals surface area contributed by atoms with Crippen LogP contribution < -0.4 is 10.1 Å². The smallest absolute Gasteiger partial charge is 0.183 e. The number of H-pyrrole nitrogens is 1. The summed E-state index contributed by atoms with van der Waals surface area (Å²) in [5.41, 5.74) is 5.66. The van der Waals surface area contributed by atoms with Gasteiger partial charge in [-0.15, -0.1) is 0 Å². The second kappa shape index (κ2) is 7.30. The van der Waals surface area contributed by atoms with Crippen molar-refractivity contribution in [2.75, 3.05) is 19.0 Å². The summed E-state index contributed by atoms with van der Waals surface area (Å²) in [6.07, 6.45) is 2.41. The van der Waals surface area contributed by atoms with E-state index in [0.29, 0.717) is 5.65 Å². The molecule has 3 aromatic heterocycles. The first-order chi connectivity index (χ1) is 13.6. The van der Waals surface area contributed by atoms with E-state index in [1.807, 2.05) is 37.7 Å². The van der Waals surface area contributed by atoms with E-state index in [-0.39, 0.29) is 0 Å². The monoisotopic (exact) mass is 377 g/mol. The first-order valence-corrected chi connectivity index (χ1v) is 9.15. The number of hydrogen-bond donors (Lipinski definition) is 2. The Morgan fingerprint density at radius 1 is 1.14 bits per heavy atom. The largest absolute Gasteiger partial charge is 0.497 e. The second-order valence-corrected chi connectivity index (χ2v) is 6.70. The SMILES string of the molecule is COc1ccc(CCNc2ncnc3nc(-c4c(C)nn(C)c4C)[nH]c23)cc1. The number of aromatic amines is 1. The van der Waals surface area contributed by atoms with Gasteiger partial charge in [0.05, 0.1) is 18.4 Å². The average molecular weight is 377 g/mol. The van der Waals surface area contributed by atoms with Crippen LogP contribution in [-0.2, 0) is 13.5 Å². The van der Waals surface area contributed by atoms with E-state index >= 15 is 0 Å². The predicted octanol–water partition coefficient (Wildman–Crippen LogP) is 3.03. The first kappa shape index (κ1) is 18.0. The Morgan fingerprint density at radius 3 is 2.61 bits per heavy atom. The summed E-state index contributed by atoms with van der Waals surface area (Å²) in [7, 11) is 3.60. The third-order valence-corrected chi connectivity index (χ3v) is 4.90. The molecule has 2 N–H and O–H groups in total. The van der Waals surface area contributed by atoms with E-state index in [4.69, 9.17) is 4.74 Å². The van der Waals surface area contributed by atoms with Crippen LogP contribution in [0.2, 0.25) is 0 Å². The second-order valence-electron chi connectivity index (χ2n) is 6.70. The summed E-state index contributed by atoms with van der Waals surface area (Å²) < 4.78 is 7.06. The molecule has 0 atom stereocenters. The van der Waals surface area contributed by atoms with Crippen molar-refractivity contribution in [1.29, 1.82) is 0 Å². The standard InChI is InChI=1S/C20H23N7O/c1-12-16(13(2)27(3)26-12)18-24-17-19(22-11-23-20(17)25-18)21-10-9-14-5-7-15(28-4)8-6-14/h5-8,11H,9-10H2,1-4H3,(H2,21,22,23,24,25). The summed E-state index contributed by atoms with van der Waals surface area (Å²) >= 11 is 0. The first-order valence-electron chi connectivity index (χ1n) is 9.15. The molecular weight excluding hydrogens is 354 g/mol. The highest BCUT2D eigenvalue weighted by molar-refractivity contribution is 5.85. The Balaban J connectivity index is 1.55. The van der Waals surface area contributed by atoms with Gasteiger partial charge in [0.1, 0.15) is 23.4 Å². The molecule has 1 aromatic carbocycles. The van der Waals surface area contributed by atoms with Gasteiger partial charge in [-0.3, -0.25) is 4.68 Å². The zero-order valence-corrected chi connectivity index (χ0v) is 16.4. The van der Waals surface area contributed by atoms with E-state index in [9.17, 15) is 0 Å². The number of nitrogens with one attached hydrogen (secondary N) is 2. The molecule has 28 heavy (non-hydrogen) atoms. The summed E-state index contributed by atoms with van der Waals surface area (Å²) in [5.74, 6) is 2.37. The van der Waals surface area contributed by atoms with Gasteiger partial charge in [0.2, 0.25) is 0 Å². The van der Waals surface area contributed by atoms with Crippen molar-refractivity contribution in [2.45, 2.75) is 20.3 Å². The minimum atomic E-state index is 0.639. The highest BCUT2D eigenvalue weighted by atomic mass is 16.5. The summed E-state index contributed by atoms with van der Waals surface area (Å²) in [4.78, 5) is 16.7. The molecule has 0 unspecified atom stereocenters. The normalized spacial score (nSPS) is 11.1. The van der Waals surface area contributed by atoms with Crippen LogP contribution in [0.5, 0.6) is 5.75 Å². The molecule has 8 nitrogen and oxygen atoms in total. The van der Waals surface area contributed by atoms with Gasteiger partial charge in [-0.25, -0.2) is 15.0 Å². The van der Waals surface area contributed by atoms with Crippen molar-refractivity contribution >= 4 is 17.0 Å². The van der Waals surface area contributed by atoms with Crippen molar-refractivity contribution in [3.8, 4) is 17.1 Å².